The molecule has 0 aliphatic rings. The Labute approximate surface area is 290 Å². The lowest BCUT2D eigenvalue weighted by Crippen LogP contribution is -2.42. The van der Waals surface area contributed by atoms with Crippen LogP contribution in [0.3, 0.4) is 0 Å². The van der Waals surface area contributed by atoms with Crippen LogP contribution < -0.4 is 24.8 Å². The average Bonchev–Trinajstić information content (AvgIpc) is 3.10. The minimum absolute atomic E-state index is 0.0208. The van der Waals surface area contributed by atoms with Gasteiger partial charge in [-0.3, -0.25) is 9.59 Å². The molecule has 0 aliphatic heterocycles. The van der Waals surface area contributed by atoms with Crippen molar-refractivity contribution >= 4 is 29.4 Å². The van der Waals surface area contributed by atoms with E-state index in [1.54, 1.807) is 48.5 Å². The number of carbonyl (C=O) groups is 4. The molecule has 0 spiro atoms. The molecule has 1 atom stereocenters. The third-order valence-corrected chi connectivity index (χ3v) is 7.81. The Morgan fingerprint density at radius 3 is 2.12 bits per heavy atom. The van der Waals surface area contributed by atoms with Gasteiger partial charge in [0.2, 0.25) is 5.91 Å². The van der Waals surface area contributed by atoms with E-state index in [2.05, 4.69) is 17.6 Å². The van der Waals surface area contributed by atoms with Crippen LogP contribution in [0.5, 0.6) is 17.2 Å². The quantitative estimate of drug-likeness (QED) is 0.0578. The molecule has 3 N–H and O–H groups in total. The number of unbranched alkanes of at least 4 members (excludes halogenated alkanes) is 4. The largest absolute Gasteiger partial charge is 0.496 e. The van der Waals surface area contributed by atoms with Crippen molar-refractivity contribution < 1.29 is 42.9 Å². The molecule has 0 radical (unpaired) electrons. The number of amides is 2. The summed E-state index contributed by atoms with van der Waals surface area (Å²) in [6, 6.07) is 21.7. The van der Waals surface area contributed by atoms with Crippen LogP contribution in [0, 0.1) is 5.82 Å². The van der Waals surface area contributed by atoms with Crippen LogP contribution in [-0.2, 0) is 22.4 Å². The third kappa shape index (κ3) is 11.5. The van der Waals surface area contributed by atoms with Gasteiger partial charge in [0, 0.05) is 23.2 Å². The molecule has 50 heavy (non-hydrogen) atoms. The second kappa shape index (κ2) is 18.7. The van der Waals surface area contributed by atoms with E-state index < -0.39 is 35.6 Å². The van der Waals surface area contributed by atoms with E-state index in [0.29, 0.717) is 40.5 Å². The Kier molecular flexibility index (Phi) is 13.9. The topological polar surface area (TPSA) is 140 Å². The van der Waals surface area contributed by atoms with Crippen LogP contribution in [0.25, 0.3) is 0 Å². The van der Waals surface area contributed by atoms with Crippen molar-refractivity contribution in [2.45, 2.75) is 57.9 Å². The van der Waals surface area contributed by atoms with Crippen LogP contribution in [0.15, 0.2) is 91.0 Å². The number of rotatable bonds is 18. The second-order valence-electron chi connectivity index (χ2n) is 11.6. The summed E-state index contributed by atoms with van der Waals surface area (Å²) >= 11 is 0. The predicted molar refractivity (Wildman–Crippen MR) is 186 cm³/mol. The summed E-state index contributed by atoms with van der Waals surface area (Å²) in [5, 5.41) is 15.0. The van der Waals surface area contributed by atoms with Crippen LogP contribution >= 0.6 is 0 Å². The van der Waals surface area contributed by atoms with Gasteiger partial charge in [-0.2, -0.15) is 0 Å². The number of nitrogens with one attached hydrogen (secondary N) is 2. The number of anilines is 1. The van der Waals surface area contributed by atoms with Crippen molar-refractivity contribution in [3.05, 3.63) is 119 Å². The van der Waals surface area contributed by atoms with Crippen LogP contribution in [0.4, 0.5) is 10.1 Å². The lowest BCUT2D eigenvalue weighted by Gasteiger charge is -2.15. The third-order valence-electron chi connectivity index (χ3n) is 7.81. The Morgan fingerprint density at radius 1 is 0.800 bits per heavy atom. The lowest BCUT2D eigenvalue weighted by atomic mass is 10.0. The number of carboxylic acids is 1. The smallest absolute Gasteiger partial charge is 0.343 e. The van der Waals surface area contributed by atoms with Gasteiger partial charge in [-0.25, -0.2) is 14.0 Å². The maximum Gasteiger partial charge on any atom is 0.343 e. The fraction of sp³-hybridized carbons (Fsp3) is 0.282. The molecule has 10 nitrogen and oxygen atoms in total. The van der Waals surface area contributed by atoms with E-state index in [0.717, 1.165) is 12.8 Å². The van der Waals surface area contributed by atoms with Gasteiger partial charge in [-0.15, -0.1) is 0 Å². The second-order valence-corrected chi connectivity index (χ2v) is 11.6. The summed E-state index contributed by atoms with van der Waals surface area (Å²) in [5.74, 6) is -1.95. The van der Waals surface area contributed by atoms with Crippen molar-refractivity contribution in [1.29, 1.82) is 0 Å². The van der Waals surface area contributed by atoms with Gasteiger partial charge in [0.1, 0.15) is 29.1 Å². The molecule has 262 valence electrons. The lowest BCUT2D eigenvalue weighted by molar-refractivity contribution is -0.139. The van der Waals surface area contributed by atoms with Gasteiger partial charge < -0.3 is 30.0 Å². The van der Waals surface area contributed by atoms with E-state index in [-0.39, 0.29) is 24.2 Å². The molecular formula is C39H41FN2O8. The highest BCUT2D eigenvalue weighted by atomic mass is 19.1. The number of hydrogen-bond acceptors (Lipinski definition) is 7. The molecule has 1 unspecified atom stereocenters. The minimum atomic E-state index is -1.24. The first-order valence-corrected chi connectivity index (χ1v) is 16.4. The van der Waals surface area contributed by atoms with E-state index in [1.165, 1.54) is 68.8 Å². The number of esters is 1. The number of benzene rings is 4. The van der Waals surface area contributed by atoms with Crippen LogP contribution in [0.2, 0.25) is 0 Å². The molecule has 0 bridgehead atoms. The Balaban J connectivity index is 1.25. The fourth-order valence-corrected chi connectivity index (χ4v) is 5.09. The molecule has 4 rings (SSSR count). The zero-order valence-corrected chi connectivity index (χ0v) is 28.1. The number of hydrogen-bond donors (Lipinski definition) is 3. The predicted octanol–water partition coefficient (Wildman–Crippen LogP) is 7.01. The van der Waals surface area contributed by atoms with Crippen molar-refractivity contribution in [3.8, 4) is 17.2 Å². The first-order valence-electron chi connectivity index (χ1n) is 16.4. The molecule has 4 aromatic rings. The summed E-state index contributed by atoms with van der Waals surface area (Å²) in [4.78, 5) is 50.0. The van der Waals surface area contributed by atoms with E-state index in [4.69, 9.17) is 14.2 Å². The molecule has 0 aromatic heterocycles. The number of methoxy groups -OCH3 is 1. The molecule has 11 heteroatoms. The normalized spacial score (nSPS) is 11.3. The van der Waals surface area contributed by atoms with Crippen molar-refractivity contribution in [2.24, 2.45) is 0 Å². The number of ether oxygens (including phenoxy) is 3. The molecule has 0 saturated heterocycles. The first kappa shape index (κ1) is 37.1. The first-order chi connectivity index (χ1) is 24.1. The van der Waals surface area contributed by atoms with Crippen molar-refractivity contribution in [2.75, 3.05) is 19.0 Å². The number of aliphatic carboxylic acids is 1. The molecule has 4 aromatic carbocycles. The molecule has 2 amide bonds. The van der Waals surface area contributed by atoms with E-state index in [1.807, 2.05) is 0 Å². The van der Waals surface area contributed by atoms with Crippen LogP contribution in [-0.4, -0.2) is 48.6 Å². The van der Waals surface area contributed by atoms with Gasteiger partial charge in [0.05, 0.1) is 25.7 Å². The summed E-state index contributed by atoms with van der Waals surface area (Å²) < 4.78 is 30.0. The molecule has 0 aliphatic carbocycles. The highest BCUT2D eigenvalue weighted by molar-refractivity contribution is 5.98. The van der Waals surface area contributed by atoms with E-state index >= 15 is 0 Å². The van der Waals surface area contributed by atoms with Crippen LogP contribution in [0.1, 0.15) is 70.9 Å². The zero-order valence-electron chi connectivity index (χ0n) is 28.1. The average molecular weight is 685 g/mol. The maximum absolute atomic E-state index is 13.6. The van der Waals surface area contributed by atoms with Gasteiger partial charge in [0.15, 0.2) is 0 Å². The molecule has 0 saturated carbocycles. The molecular weight excluding hydrogens is 643 g/mol. The van der Waals surface area contributed by atoms with Crippen molar-refractivity contribution in [1.82, 2.24) is 5.32 Å². The minimum Gasteiger partial charge on any atom is -0.496 e. The Bertz CT molecular complexity index is 1740. The highest BCUT2D eigenvalue weighted by Crippen LogP contribution is 2.21. The highest BCUT2D eigenvalue weighted by Gasteiger charge is 2.22. The summed E-state index contributed by atoms with van der Waals surface area (Å²) in [6.45, 7) is 2.80. The standard InChI is InChI=1S/C39H41FN2O8/c1-3-4-5-6-7-22-49-32-19-12-28(13-20-32)39(47)50-33-17-8-26(9-18-33)23-34(38(45)46)42-37(44)27-10-15-31(16-11-27)41-36(43)25-29-24-30(40)14-21-35(29)48-2/h8-21,24,34H,3-7,22-23,25H2,1-2H3,(H,41,43)(H,42,44)(H,45,46). The van der Waals surface area contributed by atoms with Gasteiger partial charge in [-0.05, 0) is 90.8 Å². The monoisotopic (exact) mass is 684 g/mol. The van der Waals surface area contributed by atoms with Gasteiger partial charge in [-0.1, -0.05) is 44.7 Å². The van der Waals surface area contributed by atoms with Crippen molar-refractivity contribution in [3.63, 3.8) is 0 Å². The maximum atomic E-state index is 13.6. The fourth-order valence-electron chi connectivity index (χ4n) is 5.09. The Hall–Kier alpha value is -5.71. The van der Waals surface area contributed by atoms with Gasteiger partial charge in [0.25, 0.3) is 5.91 Å². The number of halogens is 1. The van der Waals surface area contributed by atoms with Gasteiger partial charge >= 0.3 is 11.9 Å². The Morgan fingerprint density at radius 2 is 1.46 bits per heavy atom. The van der Waals surface area contributed by atoms with E-state index in [9.17, 15) is 28.7 Å². The summed E-state index contributed by atoms with van der Waals surface area (Å²) in [7, 11) is 1.43. The number of carbonyl (C=O) groups excluding carboxylic acids is 3. The summed E-state index contributed by atoms with van der Waals surface area (Å²) in [5.41, 5.74) is 1.92. The zero-order chi connectivity index (χ0) is 35.9. The molecule has 0 heterocycles. The SMILES string of the molecule is CCCCCCCOc1ccc(C(=O)Oc2ccc(CC(NC(=O)c3ccc(NC(=O)Cc4cc(F)ccc4OC)cc3)C(=O)O)cc2)cc1. The number of carboxylic acid groups (broad SMARTS) is 1. The molecule has 0 fully saturated rings. The summed E-state index contributed by atoms with van der Waals surface area (Å²) in [6.07, 6.45) is 5.57.